The van der Waals surface area contributed by atoms with Crippen LogP contribution in [0.2, 0.25) is 0 Å². The number of carbonyl (C=O) groups is 1. The number of amides is 1. The smallest absolute Gasteiger partial charge is 0.236 e. The number of aliphatic hydroxyl groups excluding tert-OH is 1. The number of aliphatic imine (C=N–C) groups is 1. The van der Waals surface area contributed by atoms with Gasteiger partial charge in [0.05, 0.1) is 6.54 Å². The average Bonchev–Trinajstić information content (AvgIpc) is 3.21. The van der Waals surface area contributed by atoms with Gasteiger partial charge in [-0.25, -0.2) is 0 Å². The summed E-state index contributed by atoms with van der Waals surface area (Å²) >= 11 is 0. The van der Waals surface area contributed by atoms with Crippen LogP contribution in [0.4, 0.5) is 0 Å². The van der Waals surface area contributed by atoms with Crippen LogP contribution >= 0.6 is 0 Å². The minimum Gasteiger partial charge on any atom is -0.396 e. The molecule has 2 fully saturated rings. The number of nitrogens with zero attached hydrogens (tertiary/aromatic N) is 4. The number of guanidine groups is 1. The predicted molar refractivity (Wildman–Crippen MR) is 110 cm³/mol. The zero-order valence-corrected chi connectivity index (χ0v) is 17.3. The largest absolute Gasteiger partial charge is 0.396 e. The second-order valence-corrected chi connectivity index (χ2v) is 7.71. The van der Waals surface area contributed by atoms with Gasteiger partial charge in [0.1, 0.15) is 0 Å². The predicted octanol–water partition coefficient (Wildman–Crippen LogP) is 0.991. The fourth-order valence-corrected chi connectivity index (χ4v) is 3.93. The molecular formula is C20H39N5O2. The first-order chi connectivity index (χ1) is 13.2. The van der Waals surface area contributed by atoms with Gasteiger partial charge in [0, 0.05) is 59.0 Å². The molecule has 0 spiro atoms. The summed E-state index contributed by atoms with van der Waals surface area (Å²) < 4.78 is 0. The minimum atomic E-state index is 0.237. The van der Waals surface area contributed by atoms with Crippen LogP contribution < -0.4 is 5.32 Å². The van der Waals surface area contributed by atoms with E-state index in [0.29, 0.717) is 12.5 Å². The third kappa shape index (κ3) is 7.30. The van der Waals surface area contributed by atoms with Crippen molar-refractivity contribution in [3.8, 4) is 0 Å². The van der Waals surface area contributed by atoms with Crippen molar-refractivity contribution in [2.45, 2.75) is 46.0 Å². The van der Waals surface area contributed by atoms with Crippen LogP contribution in [-0.2, 0) is 4.79 Å². The van der Waals surface area contributed by atoms with E-state index >= 15 is 0 Å². The molecule has 0 saturated carbocycles. The van der Waals surface area contributed by atoms with Crippen LogP contribution in [0.25, 0.3) is 0 Å². The first kappa shape index (κ1) is 22.0. The number of likely N-dealkylation sites (tertiary alicyclic amines) is 1. The molecule has 2 saturated heterocycles. The summed E-state index contributed by atoms with van der Waals surface area (Å²) in [6.45, 7) is 12.2. The van der Waals surface area contributed by atoms with Crippen LogP contribution in [0.15, 0.2) is 4.99 Å². The quantitative estimate of drug-likeness (QED) is 0.460. The van der Waals surface area contributed by atoms with E-state index in [1.165, 1.54) is 0 Å². The van der Waals surface area contributed by atoms with Gasteiger partial charge in [0.25, 0.3) is 0 Å². The van der Waals surface area contributed by atoms with E-state index < -0.39 is 0 Å². The highest BCUT2D eigenvalue weighted by atomic mass is 16.3. The van der Waals surface area contributed by atoms with Gasteiger partial charge in [-0.3, -0.25) is 14.7 Å². The highest BCUT2D eigenvalue weighted by Gasteiger charge is 2.24. The minimum absolute atomic E-state index is 0.237. The molecule has 2 rings (SSSR count). The van der Waals surface area contributed by atoms with E-state index in [1.807, 2.05) is 4.90 Å². The molecule has 0 radical (unpaired) electrons. The fraction of sp³-hybridized carbons (Fsp3) is 0.900. The molecule has 0 bridgehead atoms. The standard InChI is InChI=1S/C20H39N5O2/c1-3-7-18(8-15-26)16-22-20(21-4-2)25-13-11-23(12-14-25)17-19(27)24-9-5-6-10-24/h18,26H,3-17H2,1-2H3,(H,21,22). The number of nitrogens with one attached hydrogen (secondary N) is 1. The van der Waals surface area contributed by atoms with Crippen molar-refractivity contribution in [2.75, 3.05) is 65.5 Å². The second-order valence-electron chi connectivity index (χ2n) is 7.71. The molecule has 7 heteroatoms. The van der Waals surface area contributed by atoms with E-state index in [9.17, 15) is 9.90 Å². The van der Waals surface area contributed by atoms with Crippen LogP contribution in [0.5, 0.6) is 0 Å². The molecule has 2 N–H and O–H groups in total. The van der Waals surface area contributed by atoms with Gasteiger partial charge in [-0.1, -0.05) is 13.3 Å². The van der Waals surface area contributed by atoms with Crippen LogP contribution in [0.3, 0.4) is 0 Å². The summed E-state index contributed by atoms with van der Waals surface area (Å²) in [6, 6.07) is 0. The summed E-state index contributed by atoms with van der Waals surface area (Å²) in [5.41, 5.74) is 0. The Kier molecular flexibility index (Phi) is 9.91. The Morgan fingerprint density at radius 3 is 2.33 bits per heavy atom. The van der Waals surface area contributed by atoms with Gasteiger partial charge in [-0.15, -0.1) is 0 Å². The molecule has 1 amide bonds. The zero-order chi connectivity index (χ0) is 19.5. The normalized spacial score (nSPS) is 20.2. The molecule has 156 valence electrons. The average molecular weight is 382 g/mol. The second kappa shape index (κ2) is 12.2. The Morgan fingerprint density at radius 1 is 1.04 bits per heavy atom. The Morgan fingerprint density at radius 2 is 1.74 bits per heavy atom. The Balaban J connectivity index is 1.82. The number of aliphatic hydroxyl groups is 1. The Hall–Kier alpha value is -1.34. The van der Waals surface area contributed by atoms with Crippen LogP contribution in [-0.4, -0.2) is 97.2 Å². The summed E-state index contributed by atoms with van der Waals surface area (Å²) in [6.07, 6.45) is 5.36. The number of rotatable bonds is 9. The number of piperazine rings is 1. The lowest BCUT2D eigenvalue weighted by Crippen LogP contribution is -2.54. The van der Waals surface area contributed by atoms with Crippen molar-refractivity contribution in [3.05, 3.63) is 0 Å². The SMILES string of the molecule is CCCC(CCO)CN=C(NCC)N1CCN(CC(=O)N2CCCC2)CC1. The molecule has 2 heterocycles. The summed E-state index contributed by atoms with van der Waals surface area (Å²) in [5, 5.41) is 12.7. The van der Waals surface area contributed by atoms with E-state index in [0.717, 1.165) is 90.4 Å². The highest BCUT2D eigenvalue weighted by molar-refractivity contribution is 5.80. The van der Waals surface area contributed by atoms with Gasteiger partial charge < -0.3 is 20.2 Å². The lowest BCUT2D eigenvalue weighted by atomic mass is 10.0. The molecule has 7 nitrogen and oxygen atoms in total. The summed E-state index contributed by atoms with van der Waals surface area (Å²) in [5.74, 6) is 1.71. The van der Waals surface area contributed by atoms with Crippen molar-refractivity contribution in [3.63, 3.8) is 0 Å². The van der Waals surface area contributed by atoms with Crippen molar-refractivity contribution < 1.29 is 9.90 Å². The van der Waals surface area contributed by atoms with E-state index in [2.05, 4.69) is 29.0 Å². The van der Waals surface area contributed by atoms with E-state index in [4.69, 9.17) is 4.99 Å². The van der Waals surface area contributed by atoms with E-state index in [1.54, 1.807) is 0 Å². The van der Waals surface area contributed by atoms with Crippen LogP contribution in [0, 0.1) is 5.92 Å². The molecule has 1 atom stereocenters. The third-order valence-corrected chi connectivity index (χ3v) is 5.56. The third-order valence-electron chi connectivity index (χ3n) is 5.56. The van der Waals surface area contributed by atoms with Gasteiger partial charge in [0.15, 0.2) is 5.96 Å². The Labute approximate surface area is 164 Å². The number of hydrogen-bond donors (Lipinski definition) is 2. The summed E-state index contributed by atoms with van der Waals surface area (Å²) in [7, 11) is 0. The highest BCUT2D eigenvalue weighted by Crippen LogP contribution is 2.12. The molecule has 0 aromatic carbocycles. The molecule has 0 aromatic rings. The number of hydrogen-bond acceptors (Lipinski definition) is 4. The zero-order valence-electron chi connectivity index (χ0n) is 17.3. The fourth-order valence-electron chi connectivity index (χ4n) is 3.93. The maximum Gasteiger partial charge on any atom is 0.236 e. The van der Waals surface area contributed by atoms with Crippen molar-refractivity contribution in [1.29, 1.82) is 0 Å². The molecule has 2 aliphatic heterocycles. The number of carbonyl (C=O) groups excluding carboxylic acids is 1. The molecule has 27 heavy (non-hydrogen) atoms. The van der Waals surface area contributed by atoms with Gasteiger partial charge in [-0.05, 0) is 38.5 Å². The lowest BCUT2D eigenvalue weighted by molar-refractivity contribution is -0.131. The van der Waals surface area contributed by atoms with E-state index in [-0.39, 0.29) is 12.5 Å². The van der Waals surface area contributed by atoms with Crippen molar-refractivity contribution in [1.82, 2.24) is 20.0 Å². The molecule has 0 aromatic heterocycles. The summed E-state index contributed by atoms with van der Waals surface area (Å²) in [4.78, 5) is 23.8. The first-order valence-corrected chi connectivity index (χ1v) is 10.8. The molecule has 1 unspecified atom stereocenters. The van der Waals surface area contributed by atoms with Crippen LogP contribution in [0.1, 0.15) is 46.0 Å². The Bertz CT molecular complexity index is 451. The van der Waals surface area contributed by atoms with Gasteiger partial charge in [0.2, 0.25) is 5.91 Å². The molecule has 0 aliphatic carbocycles. The van der Waals surface area contributed by atoms with Gasteiger partial charge in [-0.2, -0.15) is 0 Å². The molecule has 2 aliphatic rings. The van der Waals surface area contributed by atoms with Gasteiger partial charge >= 0.3 is 0 Å². The maximum absolute atomic E-state index is 12.3. The first-order valence-electron chi connectivity index (χ1n) is 10.8. The van der Waals surface area contributed by atoms with Crippen molar-refractivity contribution in [2.24, 2.45) is 10.9 Å². The molecular weight excluding hydrogens is 342 g/mol. The monoisotopic (exact) mass is 381 g/mol. The van der Waals surface area contributed by atoms with Crippen molar-refractivity contribution >= 4 is 11.9 Å². The maximum atomic E-state index is 12.3. The topological polar surface area (TPSA) is 71.4 Å². The lowest BCUT2D eigenvalue weighted by Gasteiger charge is -2.36.